The zero-order chi connectivity index (χ0) is 17.5. The number of nitriles is 1. The van der Waals surface area contributed by atoms with Gasteiger partial charge in [0.2, 0.25) is 0 Å². The second-order valence-corrected chi connectivity index (χ2v) is 7.53. The first kappa shape index (κ1) is 16.9. The number of nitrogens with one attached hydrogen (secondary N) is 1. The van der Waals surface area contributed by atoms with Gasteiger partial charge in [0.25, 0.3) is 5.91 Å². The third-order valence-electron chi connectivity index (χ3n) is 5.24. The van der Waals surface area contributed by atoms with E-state index in [1.165, 1.54) is 5.56 Å². The van der Waals surface area contributed by atoms with E-state index in [1.54, 1.807) is 0 Å². The summed E-state index contributed by atoms with van der Waals surface area (Å²) in [5.74, 6) is 0.344. The van der Waals surface area contributed by atoms with Gasteiger partial charge >= 0.3 is 0 Å². The summed E-state index contributed by atoms with van der Waals surface area (Å²) in [5.41, 5.74) is 2.92. The van der Waals surface area contributed by atoms with Gasteiger partial charge in [-0.1, -0.05) is 24.6 Å². The van der Waals surface area contributed by atoms with E-state index < -0.39 is 5.66 Å². The molecule has 4 nitrogen and oxygen atoms in total. The SMILES string of the molecule is Cc1ccc(N2C(S)=C(C#N)C(=O)NC23CCC(C)CC3)c(C)c1. The molecule has 5 heteroatoms. The summed E-state index contributed by atoms with van der Waals surface area (Å²) in [6.07, 6.45) is 3.81. The van der Waals surface area contributed by atoms with Gasteiger partial charge in [0.15, 0.2) is 0 Å². The molecular weight excluding hydrogens is 318 g/mol. The van der Waals surface area contributed by atoms with Crippen molar-refractivity contribution in [3.63, 3.8) is 0 Å². The lowest BCUT2D eigenvalue weighted by Crippen LogP contribution is -2.65. The Labute approximate surface area is 148 Å². The predicted octanol–water partition coefficient (Wildman–Crippen LogP) is 3.81. The van der Waals surface area contributed by atoms with E-state index >= 15 is 0 Å². The van der Waals surface area contributed by atoms with Gasteiger partial charge in [0.1, 0.15) is 17.3 Å². The number of amides is 1. The minimum Gasteiger partial charge on any atom is -0.328 e. The molecule has 0 aromatic heterocycles. The van der Waals surface area contributed by atoms with Crippen molar-refractivity contribution >= 4 is 24.2 Å². The zero-order valence-electron chi connectivity index (χ0n) is 14.4. The molecule has 0 bridgehead atoms. The molecule has 1 amide bonds. The fraction of sp³-hybridized carbons (Fsp3) is 0.474. The Kier molecular flexibility index (Phi) is 4.35. The molecule has 2 aliphatic rings. The van der Waals surface area contributed by atoms with Gasteiger partial charge in [0.05, 0.1) is 5.03 Å². The summed E-state index contributed by atoms with van der Waals surface area (Å²) in [7, 11) is 0. The number of benzene rings is 1. The molecular formula is C19H23N3OS. The number of aryl methyl sites for hydroxylation is 2. The van der Waals surface area contributed by atoms with E-state index in [1.807, 2.05) is 6.07 Å². The number of nitrogens with zero attached hydrogens (tertiary/aromatic N) is 2. The highest BCUT2D eigenvalue weighted by atomic mass is 32.1. The zero-order valence-corrected chi connectivity index (χ0v) is 15.3. The van der Waals surface area contributed by atoms with Crippen LogP contribution in [0.4, 0.5) is 5.69 Å². The summed E-state index contributed by atoms with van der Waals surface area (Å²) in [4.78, 5) is 14.5. The van der Waals surface area contributed by atoms with Crippen molar-refractivity contribution in [2.75, 3.05) is 4.90 Å². The van der Waals surface area contributed by atoms with Crippen molar-refractivity contribution in [2.24, 2.45) is 5.92 Å². The number of anilines is 1. The highest BCUT2D eigenvalue weighted by molar-refractivity contribution is 7.84. The van der Waals surface area contributed by atoms with E-state index in [2.05, 4.69) is 61.8 Å². The number of rotatable bonds is 1. The molecule has 0 radical (unpaired) electrons. The standard InChI is InChI=1S/C19H23N3OS/c1-12-6-8-19(9-7-12)21-17(23)15(11-20)18(24)22(19)16-5-4-13(2)10-14(16)3/h4-5,10,12,24H,6-9H2,1-3H3,(H,21,23). The van der Waals surface area contributed by atoms with Gasteiger partial charge in [-0.2, -0.15) is 5.26 Å². The van der Waals surface area contributed by atoms with Gasteiger partial charge in [-0.3, -0.25) is 4.79 Å². The molecule has 0 atom stereocenters. The highest BCUT2D eigenvalue weighted by Crippen LogP contribution is 2.44. The van der Waals surface area contributed by atoms with Crippen LogP contribution in [0, 0.1) is 31.1 Å². The largest absolute Gasteiger partial charge is 0.328 e. The molecule has 1 aliphatic heterocycles. The van der Waals surface area contributed by atoms with Crippen LogP contribution >= 0.6 is 12.6 Å². The van der Waals surface area contributed by atoms with Gasteiger partial charge in [-0.25, -0.2) is 0 Å². The number of thiol groups is 1. The van der Waals surface area contributed by atoms with Gasteiger partial charge < -0.3 is 10.2 Å². The topological polar surface area (TPSA) is 56.1 Å². The molecule has 3 rings (SSSR count). The van der Waals surface area contributed by atoms with E-state index in [0.717, 1.165) is 36.9 Å². The minimum absolute atomic E-state index is 0.0857. The van der Waals surface area contributed by atoms with Crippen LogP contribution in [0.1, 0.15) is 43.7 Å². The third kappa shape index (κ3) is 2.69. The summed E-state index contributed by atoms with van der Waals surface area (Å²) in [5, 5.41) is 13.0. The highest BCUT2D eigenvalue weighted by Gasteiger charge is 2.47. The van der Waals surface area contributed by atoms with Crippen molar-refractivity contribution in [3.8, 4) is 6.07 Å². The van der Waals surface area contributed by atoms with Crippen LogP contribution < -0.4 is 10.2 Å². The number of carbonyl (C=O) groups is 1. The molecule has 1 spiro atoms. The van der Waals surface area contributed by atoms with Crippen LogP contribution in [0.2, 0.25) is 0 Å². The normalized spacial score (nSPS) is 27.2. The van der Waals surface area contributed by atoms with Crippen molar-refractivity contribution in [1.29, 1.82) is 5.26 Å². The quantitative estimate of drug-likeness (QED) is 0.764. The van der Waals surface area contributed by atoms with Crippen LogP contribution in [0.15, 0.2) is 28.8 Å². The maximum atomic E-state index is 12.4. The first-order chi connectivity index (χ1) is 11.4. The summed E-state index contributed by atoms with van der Waals surface area (Å²) >= 11 is 4.60. The number of hydrogen-bond acceptors (Lipinski definition) is 4. The second kappa shape index (κ2) is 6.18. The van der Waals surface area contributed by atoms with E-state index in [4.69, 9.17) is 0 Å². The Morgan fingerprint density at radius 1 is 1.33 bits per heavy atom. The molecule has 1 aliphatic carbocycles. The lowest BCUT2D eigenvalue weighted by molar-refractivity contribution is -0.120. The number of hydrogen-bond donors (Lipinski definition) is 2. The maximum absolute atomic E-state index is 12.4. The first-order valence-electron chi connectivity index (χ1n) is 8.41. The van der Waals surface area contributed by atoms with E-state index in [-0.39, 0.29) is 11.5 Å². The molecule has 1 aromatic carbocycles. The Morgan fingerprint density at radius 2 is 2.00 bits per heavy atom. The van der Waals surface area contributed by atoms with Crippen molar-refractivity contribution < 1.29 is 4.79 Å². The minimum atomic E-state index is -0.485. The predicted molar refractivity (Wildman–Crippen MR) is 98.5 cm³/mol. The molecule has 1 fully saturated rings. The van der Waals surface area contributed by atoms with E-state index in [9.17, 15) is 10.1 Å². The van der Waals surface area contributed by atoms with Crippen LogP contribution in [-0.2, 0) is 4.79 Å². The van der Waals surface area contributed by atoms with Gasteiger partial charge in [-0.05, 0) is 57.1 Å². The fourth-order valence-corrected chi connectivity index (χ4v) is 4.29. The van der Waals surface area contributed by atoms with Gasteiger partial charge in [0, 0.05) is 5.69 Å². The van der Waals surface area contributed by atoms with E-state index in [0.29, 0.717) is 10.9 Å². The average molecular weight is 341 g/mol. The second-order valence-electron chi connectivity index (χ2n) is 7.10. The fourth-order valence-electron chi connectivity index (χ4n) is 3.84. The molecule has 1 heterocycles. The lowest BCUT2D eigenvalue weighted by Gasteiger charge is -2.51. The van der Waals surface area contributed by atoms with Crippen LogP contribution in [0.5, 0.6) is 0 Å². The molecule has 1 N–H and O–H groups in total. The summed E-state index contributed by atoms with van der Waals surface area (Å²) < 4.78 is 0. The molecule has 1 aromatic rings. The molecule has 1 saturated carbocycles. The van der Waals surface area contributed by atoms with Crippen LogP contribution in [-0.4, -0.2) is 11.6 Å². The Balaban J connectivity index is 2.17. The first-order valence-corrected chi connectivity index (χ1v) is 8.86. The van der Waals surface area contributed by atoms with Crippen molar-refractivity contribution in [3.05, 3.63) is 39.9 Å². The Hall–Kier alpha value is -1.93. The lowest BCUT2D eigenvalue weighted by atomic mass is 9.80. The molecule has 24 heavy (non-hydrogen) atoms. The number of carbonyl (C=O) groups excluding carboxylic acids is 1. The van der Waals surface area contributed by atoms with Gasteiger partial charge in [-0.15, -0.1) is 12.6 Å². The maximum Gasteiger partial charge on any atom is 0.266 e. The summed E-state index contributed by atoms with van der Waals surface area (Å²) in [6, 6.07) is 8.26. The Bertz CT molecular complexity index is 754. The third-order valence-corrected chi connectivity index (χ3v) is 5.67. The van der Waals surface area contributed by atoms with Crippen LogP contribution in [0.3, 0.4) is 0 Å². The van der Waals surface area contributed by atoms with Crippen molar-refractivity contribution in [2.45, 2.75) is 52.1 Å². The smallest absolute Gasteiger partial charge is 0.266 e. The molecule has 126 valence electrons. The summed E-state index contributed by atoms with van der Waals surface area (Å²) in [6.45, 7) is 6.37. The van der Waals surface area contributed by atoms with Crippen LogP contribution in [0.25, 0.3) is 0 Å². The molecule has 0 unspecified atom stereocenters. The Morgan fingerprint density at radius 3 is 2.58 bits per heavy atom. The monoisotopic (exact) mass is 341 g/mol. The molecule has 0 saturated heterocycles. The van der Waals surface area contributed by atoms with Crippen molar-refractivity contribution in [1.82, 2.24) is 5.32 Å². The average Bonchev–Trinajstić information content (AvgIpc) is 2.52.